The van der Waals surface area contributed by atoms with Gasteiger partial charge >= 0.3 is 0 Å². The minimum atomic E-state index is -0.368. The molecule has 2 aromatic rings. The highest BCUT2D eigenvalue weighted by molar-refractivity contribution is 7.07. The van der Waals surface area contributed by atoms with Crippen molar-refractivity contribution < 1.29 is 18.9 Å². The van der Waals surface area contributed by atoms with Crippen LogP contribution in [-0.2, 0) is 16.1 Å². The van der Waals surface area contributed by atoms with E-state index < -0.39 is 0 Å². The van der Waals surface area contributed by atoms with Crippen molar-refractivity contribution in [1.82, 2.24) is 5.32 Å². The fourth-order valence-corrected chi connectivity index (χ4v) is 2.73. The average Bonchev–Trinajstić information content (AvgIpc) is 3.00. The molecule has 2 rings (SSSR count). The third-order valence-electron chi connectivity index (χ3n) is 3.12. The fraction of sp³-hybridized carbons (Fsp3) is 0.250. The van der Waals surface area contributed by atoms with Gasteiger partial charge in [0, 0.05) is 11.3 Å². The molecule has 0 radical (unpaired) electrons. The number of nitrogens with one attached hydrogen (secondary N) is 3. The molecule has 0 fully saturated rings. The SMILES string of the molecule is C[NH+](CC(=O)NCC(=O)Nc1ccc(F)cc1)Cc1ccsc1. The zero-order valence-electron chi connectivity index (χ0n) is 12.8. The van der Waals surface area contributed by atoms with Gasteiger partial charge in [0.15, 0.2) is 6.54 Å². The quantitative estimate of drug-likeness (QED) is 0.695. The highest BCUT2D eigenvalue weighted by atomic mass is 32.1. The first-order valence-corrected chi connectivity index (χ1v) is 8.11. The van der Waals surface area contributed by atoms with E-state index in [1.54, 1.807) is 11.3 Å². The van der Waals surface area contributed by atoms with E-state index >= 15 is 0 Å². The lowest BCUT2D eigenvalue weighted by molar-refractivity contribution is -0.885. The third kappa shape index (κ3) is 6.17. The van der Waals surface area contributed by atoms with Gasteiger partial charge in [-0.25, -0.2) is 4.39 Å². The standard InChI is InChI=1S/C16H18FN3O2S/c1-20(9-12-6-7-23-11-12)10-16(22)18-8-15(21)19-14-4-2-13(17)3-5-14/h2-7,11H,8-10H2,1H3,(H,18,22)(H,19,21)/p+1. The van der Waals surface area contributed by atoms with Crippen molar-refractivity contribution in [3.8, 4) is 0 Å². The molecule has 1 atom stereocenters. The zero-order chi connectivity index (χ0) is 16.7. The van der Waals surface area contributed by atoms with Crippen molar-refractivity contribution >= 4 is 28.8 Å². The Kier molecular flexibility index (Phi) is 6.25. The molecule has 1 heterocycles. The van der Waals surface area contributed by atoms with Crippen molar-refractivity contribution in [3.63, 3.8) is 0 Å². The highest BCUT2D eigenvalue weighted by Crippen LogP contribution is 2.07. The summed E-state index contributed by atoms with van der Waals surface area (Å²) >= 11 is 1.63. The van der Waals surface area contributed by atoms with E-state index in [2.05, 4.69) is 16.0 Å². The van der Waals surface area contributed by atoms with Crippen molar-refractivity contribution in [3.05, 3.63) is 52.5 Å². The maximum Gasteiger partial charge on any atom is 0.275 e. The number of rotatable bonds is 7. The Bertz CT molecular complexity index is 644. The Morgan fingerprint density at radius 1 is 1.17 bits per heavy atom. The van der Waals surface area contributed by atoms with E-state index in [0.717, 1.165) is 11.4 Å². The summed E-state index contributed by atoms with van der Waals surface area (Å²) in [6, 6.07) is 7.48. The molecular formula is C16H19FN3O2S+. The van der Waals surface area contributed by atoms with Crippen LogP contribution in [0.15, 0.2) is 41.1 Å². The Balaban J connectivity index is 1.69. The van der Waals surface area contributed by atoms with Crippen LogP contribution >= 0.6 is 11.3 Å². The average molecular weight is 336 g/mol. The van der Waals surface area contributed by atoms with Crippen LogP contribution in [0.25, 0.3) is 0 Å². The molecule has 0 aliphatic heterocycles. The number of hydrogen-bond acceptors (Lipinski definition) is 3. The lowest BCUT2D eigenvalue weighted by Gasteiger charge is -2.13. The van der Waals surface area contributed by atoms with Crippen LogP contribution in [0.1, 0.15) is 5.56 Å². The molecule has 0 spiro atoms. The molecule has 3 N–H and O–H groups in total. The monoisotopic (exact) mass is 336 g/mol. The van der Waals surface area contributed by atoms with Gasteiger partial charge in [0.2, 0.25) is 5.91 Å². The van der Waals surface area contributed by atoms with Gasteiger partial charge in [0.25, 0.3) is 5.91 Å². The van der Waals surface area contributed by atoms with Gasteiger partial charge in [-0.2, -0.15) is 11.3 Å². The number of anilines is 1. The predicted molar refractivity (Wildman–Crippen MR) is 87.8 cm³/mol. The van der Waals surface area contributed by atoms with E-state index in [4.69, 9.17) is 0 Å². The molecule has 23 heavy (non-hydrogen) atoms. The number of hydrogen-bond donors (Lipinski definition) is 3. The summed E-state index contributed by atoms with van der Waals surface area (Å²) in [7, 11) is 1.93. The number of thiophene rings is 1. The molecule has 122 valence electrons. The molecule has 0 aliphatic carbocycles. The molecule has 0 saturated heterocycles. The van der Waals surface area contributed by atoms with Crippen LogP contribution in [0, 0.1) is 5.82 Å². The molecule has 0 aliphatic rings. The van der Waals surface area contributed by atoms with Gasteiger partial charge in [-0.1, -0.05) is 0 Å². The second-order valence-corrected chi connectivity index (χ2v) is 6.05. The lowest BCUT2D eigenvalue weighted by Crippen LogP contribution is -3.08. The summed E-state index contributed by atoms with van der Waals surface area (Å²) in [5.41, 5.74) is 1.68. The number of benzene rings is 1. The predicted octanol–water partition coefficient (Wildman–Crippen LogP) is 0.657. The molecule has 5 nitrogen and oxygen atoms in total. The second kappa shape index (κ2) is 8.40. The summed E-state index contributed by atoms with van der Waals surface area (Å²) in [6.07, 6.45) is 0. The summed E-state index contributed by atoms with van der Waals surface area (Å²) in [6.45, 7) is 0.945. The van der Waals surface area contributed by atoms with E-state index in [9.17, 15) is 14.0 Å². The van der Waals surface area contributed by atoms with Crippen LogP contribution in [0.4, 0.5) is 10.1 Å². The Hall–Kier alpha value is -2.25. The largest absolute Gasteiger partial charge is 0.342 e. The number of carbonyl (C=O) groups excluding carboxylic acids is 2. The molecular weight excluding hydrogens is 317 g/mol. The molecule has 2 amide bonds. The van der Waals surface area contributed by atoms with Crippen LogP contribution < -0.4 is 15.5 Å². The minimum Gasteiger partial charge on any atom is -0.342 e. The zero-order valence-corrected chi connectivity index (χ0v) is 13.6. The van der Waals surface area contributed by atoms with E-state index in [1.165, 1.54) is 29.8 Å². The van der Waals surface area contributed by atoms with Crippen LogP contribution in [-0.4, -0.2) is 32.0 Å². The number of carbonyl (C=O) groups is 2. The van der Waals surface area contributed by atoms with Crippen molar-refractivity contribution in [2.75, 3.05) is 25.5 Å². The van der Waals surface area contributed by atoms with Crippen molar-refractivity contribution in [1.29, 1.82) is 0 Å². The highest BCUT2D eigenvalue weighted by Gasteiger charge is 2.12. The van der Waals surface area contributed by atoms with Gasteiger partial charge in [-0.15, -0.1) is 0 Å². The normalized spacial score (nSPS) is 11.7. The Morgan fingerprint density at radius 2 is 1.91 bits per heavy atom. The smallest absolute Gasteiger partial charge is 0.275 e. The van der Waals surface area contributed by atoms with Gasteiger partial charge in [-0.05, 0) is 41.1 Å². The Labute approximate surface area is 138 Å². The maximum absolute atomic E-state index is 12.8. The number of halogens is 1. The summed E-state index contributed by atoms with van der Waals surface area (Å²) in [5.74, 6) is -0.902. The number of quaternary nitrogens is 1. The molecule has 0 bridgehead atoms. The third-order valence-corrected chi connectivity index (χ3v) is 3.85. The van der Waals surface area contributed by atoms with Crippen LogP contribution in [0.5, 0.6) is 0 Å². The molecule has 1 aromatic heterocycles. The first-order chi connectivity index (χ1) is 11.0. The van der Waals surface area contributed by atoms with E-state index in [-0.39, 0.29) is 24.2 Å². The van der Waals surface area contributed by atoms with E-state index in [0.29, 0.717) is 12.2 Å². The summed E-state index contributed by atoms with van der Waals surface area (Å²) < 4.78 is 12.8. The van der Waals surface area contributed by atoms with Gasteiger partial charge in [0.1, 0.15) is 12.4 Å². The first-order valence-electron chi connectivity index (χ1n) is 7.17. The number of likely N-dealkylation sites (N-methyl/N-ethyl adjacent to an activating group) is 1. The lowest BCUT2D eigenvalue weighted by atomic mass is 10.3. The Morgan fingerprint density at radius 3 is 2.57 bits per heavy atom. The minimum absolute atomic E-state index is 0.109. The molecule has 0 saturated carbocycles. The van der Waals surface area contributed by atoms with Crippen LogP contribution in [0.3, 0.4) is 0 Å². The van der Waals surface area contributed by atoms with Gasteiger partial charge in [-0.3, -0.25) is 9.59 Å². The maximum atomic E-state index is 12.8. The van der Waals surface area contributed by atoms with Crippen molar-refractivity contribution in [2.45, 2.75) is 6.54 Å². The second-order valence-electron chi connectivity index (χ2n) is 5.27. The van der Waals surface area contributed by atoms with Gasteiger partial charge in [0.05, 0.1) is 13.6 Å². The first kappa shape index (κ1) is 17.1. The molecule has 1 unspecified atom stereocenters. The number of amides is 2. The molecule has 1 aromatic carbocycles. The van der Waals surface area contributed by atoms with Gasteiger partial charge < -0.3 is 15.5 Å². The van der Waals surface area contributed by atoms with Crippen molar-refractivity contribution in [2.24, 2.45) is 0 Å². The van der Waals surface area contributed by atoms with Crippen LogP contribution in [0.2, 0.25) is 0 Å². The topological polar surface area (TPSA) is 62.6 Å². The fourth-order valence-electron chi connectivity index (χ4n) is 2.06. The summed E-state index contributed by atoms with van der Waals surface area (Å²) in [5, 5.41) is 9.23. The summed E-state index contributed by atoms with van der Waals surface area (Å²) in [4.78, 5) is 24.6. The van der Waals surface area contributed by atoms with E-state index in [1.807, 2.05) is 18.5 Å². The molecule has 7 heteroatoms.